The number of benzene rings is 1. The summed E-state index contributed by atoms with van der Waals surface area (Å²) in [6.07, 6.45) is 0. The van der Waals surface area contributed by atoms with Gasteiger partial charge in [0, 0.05) is 12.1 Å². The maximum Gasteiger partial charge on any atom is 0.270 e. The van der Waals surface area contributed by atoms with Crippen molar-refractivity contribution in [2.24, 2.45) is 5.73 Å². The third-order valence-corrected chi connectivity index (χ3v) is 2.91. The highest BCUT2D eigenvalue weighted by molar-refractivity contribution is 9.10. The maximum atomic E-state index is 10.6. The van der Waals surface area contributed by atoms with Crippen molar-refractivity contribution in [3.05, 3.63) is 38.6 Å². The highest BCUT2D eigenvalue weighted by Gasteiger charge is 2.16. The van der Waals surface area contributed by atoms with Crippen LogP contribution < -0.4 is 5.73 Å². The van der Waals surface area contributed by atoms with E-state index in [-0.39, 0.29) is 11.7 Å². The van der Waals surface area contributed by atoms with E-state index in [1.165, 1.54) is 16.8 Å². The molecule has 18 heavy (non-hydrogen) atoms. The molecule has 1 atom stereocenters. The molecule has 1 aromatic carbocycles. The zero-order valence-corrected chi connectivity index (χ0v) is 10.9. The standard InChI is InChI=1S/C9H9BrN6O2/c1-5(11)9-12-13-14-15(9)8-3-2-6(16(17)18)4-7(8)10/h2-5H,11H2,1H3. The van der Waals surface area contributed by atoms with Gasteiger partial charge in [-0.15, -0.1) is 5.10 Å². The monoisotopic (exact) mass is 312 g/mol. The fourth-order valence-corrected chi connectivity index (χ4v) is 1.97. The topological polar surface area (TPSA) is 113 Å². The summed E-state index contributed by atoms with van der Waals surface area (Å²) < 4.78 is 1.96. The lowest BCUT2D eigenvalue weighted by Crippen LogP contribution is -2.13. The SMILES string of the molecule is CC(N)c1nnnn1-c1ccc([N+](=O)[O-])cc1Br. The van der Waals surface area contributed by atoms with Crippen LogP contribution in [0.1, 0.15) is 18.8 Å². The third kappa shape index (κ3) is 2.22. The smallest absolute Gasteiger partial charge is 0.270 e. The number of non-ortho nitro benzene ring substituents is 1. The highest BCUT2D eigenvalue weighted by atomic mass is 79.9. The molecule has 0 aliphatic rings. The van der Waals surface area contributed by atoms with E-state index in [1.807, 2.05) is 0 Å². The van der Waals surface area contributed by atoms with Gasteiger partial charge in [0.25, 0.3) is 5.69 Å². The van der Waals surface area contributed by atoms with E-state index >= 15 is 0 Å². The number of rotatable bonds is 3. The number of tetrazole rings is 1. The van der Waals surface area contributed by atoms with Crippen molar-refractivity contribution in [1.29, 1.82) is 0 Å². The predicted octanol–water partition coefficient (Wildman–Crippen LogP) is 1.35. The Balaban J connectivity index is 2.51. The normalized spacial score (nSPS) is 12.4. The van der Waals surface area contributed by atoms with E-state index in [4.69, 9.17) is 5.73 Å². The zero-order valence-electron chi connectivity index (χ0n) is 9.32. The van der Waals surface area contributed by atoms with Gasteiger partial charge in [0.1, 0.15) is 0 Å². The molecule has 0 fully saturated rings. The molecule has 8 nitrogen and oxygen atoms in total. The van der Waals surface area contributed by atoms with E-state index in [9.17, 15) is 10.1 Å². The Hall–Kier alpha value is -1.87. The van der Waals surface area contributed by atoms with Gasteiger partial charge in [-0.2, -0.15) is 4.68 Å². The van der Waals surface area contributed by atoms with Gasteiger partial charge in [-0.3, -0.25) is 10.1 Å². The Morgan fingerprint density at radius 1 is 1.56 bits per heavy atom. The molecule has 94 valence electrons. The van der Waals surface area contributed by atoms with Crippen LogP contribution in [0.3, 0.4) is 0 Å². The summed E-state index contributed by atoms with van der Waals surface area (Å²) in [4.78, 5) is 10.2. The molecule has 0 saturated heterocycles. The van der Waals surface area contributed by atoms with Crippen LogP contribution in [0.25, 0.3) is 5.69 Å². The number of hydrogen-bond donors (Lipinski definition) is 1. The van der Waals surface area contributed by atoms with Gasteiger partial charge < -0.3 is 5.73 Å². The Bertz CT molecular complexity index is 596. The lowest BCUT2D eigenvalue weighted by Gasteiger charge is -2.08. The first kappa shape index (κ1) is 12.6. The number of halogens is 1. The van der Waals surface area contributed by atoms with Gasteiger partial charge in [-0.1, -0.05) is 0 Å². The van der Waals surface area contributed by atoms with Crippen LogP contribution in [-0.4, -0.2) is 25.1 Å². The van der Waals surface area contributed by atoms with Gasteiger partial charge in [0.05, 0.1) is 21.1 Å². The molecule has 2 aromatic rings. The fraction of sp³-hybridized carbons (Fsp3) is 0.222. The molecule has 2 rings (SSSR count). The van der Waals surface area contributed by atoms with Crippen LogP contribution >= 0.6 is 15.9 Å². The van der Waals surface area contributed by atoms with Crippen LogP contribution in [0.2, 0.25) is 0 Å². The summed E-state index contributed by atoms with van der Waals surface area (Å²) in [5.74, 6) is 0.476. The van der Waals surface area contributed by atoms with E-state index in [0.717, 1.165) is 0 Å². The average Bonchev–Trinajstić information content (AvgIpc) is 2.77. The largest absolute Gasteiger partial charge is 0.321 e. The molecule has 0 aliphatic heterocycles. The zero-order chi connectivity index (χ0) is 13.3. The number of nitrogens with two attached hydrogens (primary N) is 1. The molecule has 0 bridgehead atoms. The fourth-order valence-electron chi connectivity index (χ4n) is 1.43. The summed E-state index contributed by atoms with van der Waals surface area (Å²) in [6.45, 7) is 1.75. The van der Waals surface area contributed by atoms with Gasteiger partial charge >= 0.3 is 0 Å². The molecule has 0 amide bonds. The van der Waals surface area contributed by atoms with Crippen molar-refractivity contribution in [1.82, 2.24) is 20.2 Å². The maximum absolute atomic E-state index is 10.6. The number of nitro benzene ring substituents is 1. The lowest BCUT2D eigenvalue weighted by atomic mass is 10.2. The van der Waals surface area contributed by atoms with Gasteiger partial charge in [0.2, 0.25) is 0 Å². The number of hydrogen-bond acceptors (Lipinski definition) is 6. The van der Waals surface area contributed by atoms with E-state index in [2.05, 4.69) is 31.5 Å². The average molecular weight is 313 g/mol. The first-order valence-corrected chi connectivity index (χ1v) is 5.78. The Kier molecular flexibility index (Phi) is 3.34. The van der Waals surface area contributed by atoms with Crippen LogP contribution in [0, 0.1) is 10.1 Å². The van der Waals surface area contributed by atoms with Crippen molar-refractivity contribution < 1.29 is 4.92 Å². The minimum atomic E-state index is -0.472. The Labute approximate surface area is 110 Å². The second kappa shape index (κ2) is 4.78. The second-order valence-electron chi connectivity index (χ2n) is 3.63. The van der Waals surface area contributed by atoms with E-state index < -0.39 is 4.92 Å². The molecule has 9 heteroatoms. The van der Waals surface area contributed by atoms with Crippen LogP contribution in [0.4, 0.5) is 5.69 Å². The molecule has 1 aromatic heterocycles. The third-order valence-electron chi connectivity index (χ3n) is 2.27. The molecule has 1 heterocycles. The minimum Gasteiger partial charge on any atom is -0.321 e. The summed E-state index contributed by atoms with van der Waals surface area (Å²) in [5.41, 5.74) is 6.32. The molecule has 0 aliphatic carbocycles. The van der Waals surface area contributed by atoms with Crippen molar-refractivity contribution in [3.63, 3.8) is 0 Å². The summed E-state index contributed by atoms with van der Waals surface area (Å²) in [5, 5.41) is 21.8. The molecule has 1 unspecified atom stereocenters. The Morgan fingerprint density at radius 3 is 2.83 bits per heavy atom. The molecule has 0 radical (unpaired) electrons. The number of nitro groups is 1. The van der Waals surface area contributed by atoms with Crippen molar-refractivity contribution in [3.8, 4) is 5.69 Å². The van der Waals surface area contributed by atoms with Crippen LogP contribution in [0.5, 0.6) is 0 Å². The minimum absolute atomic E-state index is 0.0129. The first-order chi connectivity index (χ1) is 8.50. The number of nitrogens with zero attached hydrogens (tertiary/aromatic N) is 5. The molecule has 2 N–H and O–H groups in total. The quantitative estimate of drug-likeness (QED) is 0.676. The molecular formula is C9H9BrN6O2. The van der Waals surface area contributed by atoms with Gasteiger partial charge in [0.15, 0.2) is 5.82 Å². The lowest BCUT2D eigenvalue weighted by molar-refractivity contribution is -0.384. The summed E-state index contributed by atoms with van der Waals surface area (Å²) >= 11 is 3.26. The first-order valence-electron chi connectivity index (χ1n) is 4.99. The van der Waals surface area contributed by atoms with Gasteiger partial charge in [-0.25, -0.2) is 0 Å². The number of aromatic nitrogens is 4. The van der Waals surface area contributed by atoms with E-state index in [0.29, 0.717) is 16.0 Å². The van der Waals surface area contributed by atoms with Crippen LogP contribution in [0.15, 0.2) is 22.7 Å². The molecular weight excluding hydrogens is 304 g/mol. The van der Waals surface area contributed by atoms with E-state index in [1.54, 1.807) is 13.0 Å². The molecule has 0 saturated carbocycles. The van der Waals surface area contributed by atoms with Crippen molar-refractivity contribution in [2.45, 2.75) is 13.0 Å². The Morgan fingerprint density at radius 2 is 2.28 bits per heavy atom. The summed E-state index contributed by atoms with van der Waals surface area (Å²) in [6, 6.07) is 3.99. The molecule has 0 spiro atoms. The highest BCUT2D eigenvalue weighted by Crippen LogP contribution is 2.26. The van der Waals surface area contributed by atoms with Crippen molar-refractivity contribution >= 4 is 21.6 Å². The second-order valence-corrected chi connectivity index (χ2v) is 4.48. The van der Waals surface area contributed by atoms with Crippen LogP contribution in [-0.2, 0) is 0 Å². The van der Waals surface area contributed by atoms with Crippen molar-refractivity contribution in [2.75, 3.05) is 0 Å². The summed E-state index contributed by atoms with van der Waals surface area (Å²) in [7, 11) is 0. The van der Waals surface area contributed by atoms with Gasteiger partial charge in [-0.05, 0) is 39.3 Å². The predicted molar refractivity (Wildman–Crippen MR) is 66.1 cm³/mol.